The number of amides is 1. The van der Waals surface area contributed by atoms with Gasteiger partial charge in [-0.2, -0.15) is 0 Å². The van der Waals surface area contributed by atoms with E-state index in [1.54, 1.807) is 6.26 Å². The Bertz CT molecular complexity index is 677. The summed E-state index contributed by atoms with van der Waals surface area (Å²) in [5, 5.41) is 11.6. The fourth-order valence-electron chi connectivity index (χ4n) is 2.48. The number of hydrogen-bond donors (Lipinski definition) is 1. The molecule has 1 aliphatic heterocycles. The Labute approximate surface area is 123 Å². The number of carbonyl (C=O) groups is 1. The highest BCUT2D eigenvalue weighted by Crippen LogP contribution is 2.34. The maximum atomic E-state index is 11.9. The van der Waals surface area contributed by atoms with Gasteiger partial charge in [0.2, 0.25) is 0 Å². The number of rotatable bonds is 1. The molecular formula is C16H19NO4. The molecule has 112 valence electrons. The molecule has 0 radical (unpaired) electrons. The topological polar surface area (TPSA) is 62.9 Å². The van der Waals surface area contributed by atoms with Crippen LogP contribution in [0.25, 0.3) is 11.0 Å². The summed E-state index contributed by atoms with van der Waals surface area (Å²) in [7, 11) is 0. The number of nitrogens with zero attached hydrogens (tertiary/aromatic N) is 1. The second-order valence-corrected chi connectivity index (χ2v) is 6.54. The highest BCUT2D eigenvalue weighted by molar-refractivity contribution is 5.78. The molecule has 1 aromatic heterocycles. The van der Waals surface area contributed by atoms with Crippen molar-refractivity contribution in [1.82, 2.24) is 4.90 Å². The first-order valence-electron chi connectivity index (χ1n) is 6.95. The van der Waals surface area contributed by atoms with Crippen molar-refractivity contribution in [2.24, 2.45) is 0 Å². The monoisotopic (exact) mass is 289 g/mol. The van der Waals surface area contributed by atoms with Crippen LogP contribution < -0.4 is 0 Å². The Morgan fingerprint density at radius 3 is 2.71 bits per heavy atom. The molecule has 0 spiro atoms. The molecule has 1 amide bonds. The summed E-state index contributed by atoms with van der Waals surface area (Å²) < 4.78 is 10.6. The second kappa shape index (κ2) is 4.49. The number of likely N-dealkylation sites (tertiary alicyclic amines) is 1. The van der Waals surface area contributed by atoms with Crippen molar-refractivity contribution < 1.29 is 19.1 Å². The molecule has 0 unspecified atom stereocenters. The quantitative estimate of drug-likeness (QED) is 0.876. The van der Waals surface area contributed by atoms with Crippen LogP contribution in [0.5, 0.6) is 0 Å². The smallest absolute Gasteiger partial charge is 0.410 e. The lowest BCUT2D eigenvalue weighted by Gasteiger charge is -2.46. The van der Waals surface area contributed by atoms with Gasteiger partial charge >= 0.3 is 6.09 Å². The van der Waals surface area contributed by atoms with Gasteiger partial charge < -0.3 is 19.2 Å². The summed E-state index contributed by atoms with van der Waals surface area (Å²) in [6, 6.07) is 7.41. The third-order valence-electron chi connectivity index (χ3n) is 3.55. The Kier molecular flexibility index (Phi) is 2.99. The number of fused-ring (bicyclic) bond motifs is 1. The number of benzene rings is 1. The first kappa shape index (κ1) is 13.9. The first-order chi connectivity index (χ1) is 9.77. The van der Waals surface area contributed by atoms with Gasteiger partial charge in [-0.05, 0) is 44.5 Å². The fraction of sp³-hybridized carbons (Fsp3) is 0.438. The Balaban J connectivity index is 1.72. The zero-order valence-electron chi connectivity index (χ0n) is 12.4. The van der Waals surface area contributed by atoms with Crippen LogP contribution in [-0.4, -0.2) is 34.8 Å². The molecule has 1 aromatic carbocycles. The normalized spacial score (nSPS) is 17.6. The van der Waals surface area contributed by atoms with E-state index in [-0.39, 0.29) is 13.1 Å². The Morgan fingerprint density at radius 2 is 2.05 bits per heavy atom. The molecule has 21 heavy (non-hydrogen) atoms. The largest absolute Gasteiger partial charge is 0.464 e. The third kappa shape index (κ3) is 2.61. The number of β-amino-alcohol motifs (C(OH)–C–C–N with tert-alkyl or cyclic N) is 1. The number of furan rings is 1. The first-order valence-corrected chi connectivity index (χ1v) is 6.95. The second-order valence-electron chi connectivity index (χ2n) is 6.54. The van der Waals surface area contributed by atoms with E-state index >= 15 is 0 Å². The van der Waals surface area contributed by atoms with Crippen LogP contribution in [0.15, 0.2) is 34.9 Å². The van der Waals surface area contributed by atoms with Crippen LogP contribution >= 0.6 is 0 Å². The molecule has 1 N–H and O–H groups in total. The zero-order chi connectivity index (χ0) is 15.3. The number of hydrogen-bond acceptors (Lipinski definition) is 4. The average molecular weight is 289 g/mol. The lowest BCUT2D eigenvalue weighted by atomic mass is 9.86. The number of ether oxygens (including phenoxy) is 1. The molecule has 2 heterocycles. The lowest BCUT2D eigenvalue weighted by Crippen LogP contribution is -2.61. The van der Waals surface area contributed by atoms with Gasteiger partial charge in [-0.25, -0.2) is 4.79 Å². The molecular weight excluding hydrogens is 270 g/mol. The van der Waals surface area contributed by atoms with E-state index in [9.17, 15) is 9.90 Å². The standard InChI is InChI=1S/C16H19NO4/c1-15(2,3)21-14(18)17-9-16(19,10-17)12-4-5-13-11(8-12)6-7-20-13/h4-8,19H,9-10H2,1-3H3. The van der Waals surface area contributed by atoms with E-state index in [0.717, 1.165) is 16.5 Å². The summed E-state index contributed by atoms with van der Waals surface area (Å²) >= 11 is 0. The van der Waals surface area contributed by atoms with Gasteiger partial charge in [0.25, 0.3) is 0 Å². The molecule has 0 saturated carbocycles. The lowest BCUT2D eigenvalue weighted by molar-refractivity contribution is -0.103. The van der Waals surface area contributed by atoms with Gasteiger partial charge in [-0.1, -0.05) is 6.07 Å². The van der Waals surface area contributed by atoms with E-state index < -0.39 is 17.3 Å². The minimum atomic E-state index is -1.01. The van der Waals surface area contributed by atoms with E-state index in [1.807, 2.05) is 45.0 Å². The van der Waals surface area contributed by atoms with Crippen LogP contribution in [-0.2, 0) is 10.3 Å². The molecule has 5 nitrogen and oxygen atoms in total. The van der Waals surface area contributed by atoms with Crippen molar-refractivity contribution in [3.05, 3.63) is 36.1 Å². The van der Waals surface area contributed by atoms with E-state index in [0.29, 0.717) is 0 Å². The maximum Gasteiger partial charge on any atom is 0.410 e. The van der Waals surface area contributed by atoms with Gasteiger partial charge in [0.15, 0.2) is 0 Å². The molecule has 1 fully saturated rings. The van der Waals surface area contributed by atoms with Crippen molar-refractivity contribution in [2.45, 2.75) is 32.0 Å². The van der Waals surface area contributed by atoms with E-state index in [2.05, 4.69) is 0 Å². The summed E-state index contributed by atoms with van der Waals surface area (Å²) in [6.07, 6.45) is 1.23. The minimum absolute atomic E-state index is 0.241. The SMILES string of the molecule is CC(C)(C)OC(=O)N1CC(O)(c2ccc3occc3c2)C1. The summed E-state index contributed by atoms with van der Waals surface area (Å²) in [5.41, 5.74) is 0.0324. The predicted molar refractivity (Wildman–Crippen MR) is 77.9 cm³/mol. The van der Waals surface area contributed by atoms with Crippen LogP contribution in [0.4, 0.5) is 4.79 Å². The average Bonchev–Trinajstić information content (AvgIpc) is 2.79. The van der Waals surface area contributed by atoms with Gasteiger partial charge in [-0.3, -0.25) is 0 Å². The van der Waals surface area contributed by atoms with Crippen LogP contribution in [0, 0.1) is 0 Å². The Hall–Kier alpha value is -2.01. The summed E-state index contributed by atoms with van der Waals surface area (Å²) in [5.74, 6) is 0. The molecule has 0 atom stereocenters. The third-order valence-corrected chi connectivity index (χ3v) is 3.55. The van der Waals surface area contributed by atoms with Crippen molar-refractivity contribution >= 4 is 17.1 Å². The molecule has 1 aliphatic rings. The number of carbonyl (C=O) groups excluding carboxylic acids is 1. The highest BCUT2D eigenvalue weighted by Gasteiger charge is 2.46. The van der Waals surface area contributed by atoms with Crippen LogP contribution in [0.2, 0.25) is 0 Å². The van der Waals surface area contributed by atoms with Crippen molar-refractivity contribution in [3.63, 3.8) is 0 Å². The van der Waals surface area contributed by atoms with Crippen LogP contribution in [0.3, 0.4) is 0 Å². The molecule has 5 heteroatoms. The number of aliphatic hydroxyl groups is 1. The molecule has 2 aromatic rings. The predicted octanol–water partition coefficient (Wildman–Crippen LogP) is 2.87. The summed E-state index contributed by atoms with van der Waals surface area (Å²) in [4.78, 5) is 13.4. The van der Waals surface area contributed by atoms with Gasteiger partial charge in [0.05, 0.1) is 19.4 Å². The van der Waals surface area contributed by atoms with Crippen molar-refractivity contribution in [3.8, 4) is 0 Å². The maximum absolute atomic E-state index is 11.9. The highest BCUT2D eigenvalue weighted by atomic mass is 16.6. The van der Waals surface area contributed by atoms with E-state index in [4.69, 9.17) is 9.15 Å². The molecule has 1 saturated heterocycles. The zero-order valence-corrected chi connectivity index (χ0v) is 12.4. The Morgan fingerprint density at radius 1 is 1.33 bits per heavy atom. The minimum Gasteiger partial charge on any atom is -0.464 e. The van der Waals surface area contributed by atoms with E-state index in [1.165, 1.54) is 4.90 Å². The fourth-order valence-corrected chi connectivity index (χ4v) is 2.48. The summed E-state index contributed by atoms with van der Waals surface area (Å²) in [6.45, 7) is 5.95. The molecule has 0 bridgehead atoms. The van der Waals surface area contributed by atoms with Crippen LogP contribution in [0.1, 0.15) is 26.3 Å². The molecule has 0 aliphatic carbocycles. The van der Waals surface area contributed by atoms with Gasteiger partial charge in [-0.15, -0.1) is 0 Å². The van der Waals surface area contributed by atoms with Crippen molar-refractivity contribution in [2.75, 3.05) is 13.1 Å². The molecule has 3 rings (SSSR count). The van der Waals surface area contributed by atoms with Gasteiger partial charge in [0, 0.05) is 5.39 Å². The van der Waals surface area contributed by atoms with Crippen molar-refractivity contribution in [1.29, 1.82) is 0 Å². The van der Waals surface area contributed by atoms with Gasteiger partial charge in [0.1, 0.15) is 16.8 Å².